The summed E-state index contributed by atoms with van der Waals surface area (Å²) in [5.74, 6) is 0.230. The number of halogens is 1. The number of thiophene rings is 1. The maximum Gasteiger partial charge on any atom is 0.134 e. The highest BCUT2D eigenvalue weighted by Crippen LogP contribution is 2.30. The molecule has 0 aliphatic rings. The van der Waals surface area contributed by atoms with Crippen molar-refractivity contribution in [3.63, 3.8) is 0 Å². The smallest absolute Gasteiger partial charge is 0.134 e. The summed E-state index contributed by atoms with van der Waals surface area (Å²) in [5, 5.41) is 14.9. The van der Waals surface area contributed by atoms with Crippen LogP contribution in [0.1, 0.15) is 8.42 Å². The fourth-order valence-corrected chi connectivity index (χ4v) is 2.79. The van der Waals surface area contributed by atoms with E-state index in [0.717, 1.165) is 22.3 Å². The summed E-state index contributed by atoms with van der Waals surface area (Å²) in [6.07, 6.45) is 1.71. The third-order valence-electron chi connectivity index (χ3n) is 3.09. The van der Waals surface area contributed by atoms with E-state index in [1.54, 1.807) is 23.6 Å². The molecular formula is C16H17FN2OS. The molecule has 2 N–H and O–H groups in total. The Labute approximate surface area is 128 Å². The average Bonchev–Trinajstić information content (AvgIpc) is 3.01. The maximum absolute atomic E-state index is 13.0. The number of anilines is 1. The predicted octanol–water partition coefficient (Wildman–Crippen LogP) is 4.76. The molecule has 0 atom stereocenters. The number of aromatic nitrogens is 1. The van der Waals surface area contributed by atoms with Gasteiger partial charge < -0.3 is 10.4 Å². The van der Waals surface area contributed by atoms with Gasteiger partial charge >= 0.3 is 0 Å². The topological polar surface area (TPSA) is 45.1 Å². The van der Waals surface area contributed by atoms with Crippen molar-refractivity contribution in [2.45, 2.75) is 6.54 Å². The van der Waals surface area contributed by atoms with Gasteiger partial charge in [-0.05, 0) is 29.6 Å². The summed E-state index contributed by atoms with van der Waals surface area (Å²) >= 11 is 1.64. The van der Waals surface area contributed by atoms with E-state index in [0.29, 0.717) is 12.1 Å². The molecule has 2 aromatic heterocycles. The molecule has 3 nitrogen and oxygen atoms in total. The molecule has 0 aliphatic heterocycles. The summed E-state index contributed by atoms with van der Waals surface area (Å²) in [6, 6.07) is 11.9. The lowest BCUT2D eigenvalue weighted by atomic mass is 10.2. The van der Waals surface area contributed by atoms with Gasteiger partial charge in [-0.3, -0.25) is 0 Å². The van der Waals surface area contributed by atoms with Gasteiger partial charge in [0, 0.05) is 37.7 Å². The highest BCUT2D eigenvalue weighted by Gasteiger charge is 2.08. The van der Waals surface area contributed by atoms with E-state index in [2.05, 4.69) is 10.3 Å². The van der Waals surface area contributed by atoms with Gasteiger partial charge in [0.1, 0.15) is 17.4 Å². The number of phenolic OH excluding ortho intramolecular Hbond substituents is 1. The zero-order valence-electron chi connectivity index (χ0n) is 11.1. The highest BCUT2D eigenvalue weighted by atomic mass is 32.1. The van der Waals surface area contributed by atoms with Crippen molar-refractivity contribution in [2.24, 2.45) is 0 Å². The van der Waals surface area contributed by atoms with E-state index >= 15 is 0 Å². The molecule has 0 aliphatic carbocycles. The lowest BCUT2D eigenvalue weighted by Gasteiger charge is -2.10. The first kappa shape index (κ1) is 13.6. The Morgan fingerprint density at radius 1 is 1.24 bits per heavy atom. The Morgan fingerprint density at radius 2 is 2.14 bits per heavy atom. The van der Waals surface area contributed by atoms with Crippen molar-refractivity contribution in [3.05, 3.63) is 65.4 Å². The molecule has 21 heavy (non-hydrogen) atoms. The standard InChI is InChI=1S/C16H13FN2OS.2H2/c17-12-6-5-11(14(20)9-12)10-19-16-13(3-1-7-18-16)15-4-2-8-21-15;;/h1-9,20H,10H2,(H,18,19);2*1H. The normalized spacial score (nSPS) is 10.5. The van der Waals surface area contributed by atoms with E-state index in [1.807, 2.05) is 29.6 Å². The Bertz CT molecular complexity index is 754. The quantitative estimate of drug-likeness (QED) is 0.730. The third kappa shape index (κ3) is 3.03. The summed E-state index contributed by atoms with van der Waals surface area (Å²) < 4.78 is 13.0. The van der Waals surface area contributed by atoms with E-state index in [4.69, 9.17) is 0 Å². The summed E-state index contributed by atoms with van der Waals surface area (Å²) in [7, 11) is 0. The van der Waals surface area contributed by atoms with Gasteiger partial charge in [0.2, 0.25) is 0 Å². The number of aromatic hydroxyl groups is 1. The van der Waals surface area contributed by atoms with Crippen molar-refractivity contribution in [2.75, 3.05) is 5.32 Å². The first-order chi connectivity index (χ1) is 10.2. The van der Waals surface area contributed by atoms with Crippen molar-refractivity contribution in [1.29, 1.82) is 0 Å². The van der Waals surface area contributed by atoms with Crippen LogP contribution < -0.4 is 5.32 Å². The molecule has 0 unspecified atom stereocenters. The molecule has 0 saturated heterocycles. The van der Waals surface area contributed by atoms with Gasteiger partial charge in [-0.15, -0.1) is 11.3 Å². The SMILES string of the molecule is Oc1cc(F)ccc1CNc1ncccc1-c1cccs1.[HH].[HH]. The third-order valence-corrected chi connectivity index (χ3v) is 3.99. The lowest BCUT2D eigenvalue weighted by Crippen LogP contribution is -2.03. The van der Waals surface area contributed by atoms with Gasteiger partial charge in [0.05, 0.1) is 0 Å². The number of hydrogen-bond acceptors (Lipinski definition) is 4. The van der Waals surface area contributed by atoms with Crippen molar-refractivity contribution in [3.8, 4) is 16.2 Å². The van der Waals surface area contributed by atoms with Crippen LogP contribution in [0.4, 0.5) is 10.2 Å². The van der Waals surface area contributed by atoms with Crippen LogP contribution in [-0.4, -0.2) is 10.1 Å². The Kier molecular flexibility index (Phi) is 3.83. The number of nitrogens with zero attached hydrogens (tertiary/aromatic N) is 1. The maximum atomic E-state index is 13.0. The van der Waals surface area contributed by atoms with E-state index in [1.165, 1.54) is 6.07 Å². The van der Waals surface area contributed by atoms with E-state index in [9.17, 15) is 9.50 Å². The lowest BCUT2D eigenvalue weighted by molar-refractivity contribution is 0.463. The number of nitrogens with one attached hydrogen (secondary N) is 1. The Hall–Kier alpha value is -2.40. The molecule has 0 spiro atoms. The van der Waals surface area contributed by atoms with Crippen LogP contribution in [0, 0.1) is 5.82 Å². The van der Waals surface area contributed by atoms with E-state index < -0.39 is 5.82 Å². The van der Waals surface area contributed by atoms with Crippen LogP contribution in [0.5, 0.6) is 5.75 Å². The first-order valence-corrected chi connectivity index (χ1v) is 7.32. The molecule has 0 radical (unpaired) electrons. The molecule has 5 heteroatoms. The summed E-state index contributed by atoms with van der Waals surface area (Å²) in [6.45, 7) is 0.376. The van der Waals surface area contributed by atoms with Crippen LogP contribution in [0.15, 0.2) is 54.0 Å². The van der Waals surface area contributed by atoms with Crippen molar-refractivity contribution in [1.82, 2.24) is 4.98 Å². The second-order valence-corrected chi connectivity index (χ2v) is 5.45. The Balaban J connectivity index is 0.00000132. The molecule has 0 saturated carbocycles. The highest BCUT2D eigenvalue weighted by molar-refractivity contribution is 7.13. The molecule has 1 aromatic carbocycles. The minimum Gasteiger partial charge on any atom is -0.507 e. The molecule has 0 fully saturated rings. The van der Waals surface area contributed by atoms with E-state index in [-0.39, 0.29) is 8.60 Å². The second-order valence-electron chi connectivity index (χ2n) is 4.50. The second kappa shape index (κ2) is 5.93. The zero-order chi connectivity index (χ0) is 14.7. The van der Waals surface area contributed by atoms with Crippen LogP contribution in [0.25, 0.3) is 10.4 Å². The summed E-state index contributed by atoms with van der Waals surface area (Å²) in [5.41, 5.74) is 1.63. The number of rotatable bonds is 4. The monoisotopic (exact) mass is 304 g/mol. The molecule has 110 valence electrons. The van der Waals surface area contributed by atoms with Gasteiger partial charge in [0.25, 0.3) is 0 Å². The number of pyridine rings is 1. The van der Waals surface area contributed by atoms with Crippen LogP contribution in [-0.2, 0) is 6.54 Å². The van der Waals surface area contributed by atoms with Gasteiger partial charge in [-0.25, -0.2) is 9.37 Å². The fourth-order valence-electron chi connectivity index (χ4n) is 2.04. The van der Waals surface area contributed by atoms with Crippen LogP contribution in [0.2, 0.25) is 0 Å². The van der Waals surface area contributed by atoms with Gasteiger partial charge in [-0.2, -0.15) is 0 Å². The Morgan fingerprint density at radius 3 is 2.90 bits per heavy atom. The average molecular weight is 304 g/mol. The fraction of sp³-hybridized carbons (Fsp3) is 0.0625. The van der Waals surface area contributed by atoms with Crippen molar-refractivity contribution >= 4 is 17.2 Å². The molecule has 0 bridgehead atoms. The number of benzene rings is 1. The van der Waals surface area contributed by atoms with Crippen LogP contribution in [0.3, 0.4) is 0 Å². The number of phenols is 1. The zero-order valence-corrected chi connectivity index (χ0v) is 11.9. The molecule has 2 heterocycles. The molecule has 0 amide bonds. The number of hydrogen-bond donors (Lipinski definition) is 2. The van der Waals surface area contributed by atoms with Gasteiger partial charge in [0.15, 0.2) is 0 Å². The summed E-state index contributed by atoms with van der Waals surface area (Å²) in [4.78, 5) is 5.46. The minimum atomic E-state index is -0.451. The minimum absolute atomic E-state index is 0. The predicted molar refractivity (Wildman–Crippen MR) is 87.2 cm³/mol. The molecule has 3 aromatic rings. The van der Waals surface area contributed by atoms with Gasteiger partial charge in [-0.1, -0.05) is 12.1 Å². The molecular weight excluding hydrogens is 287 g/mol. The van der Waals surface area contributed by atoms with Crippen LogP contribution >= 0.6 is 11.3 Å². The molecule has 3 rings (SSSR count). The van der Waals surface area contributed by atoms with Crippen molar-refractivity contribution < 1.29 is 12.4 Å². The first-order valence-electron chi connectivity index (χ1n) is 6.44. The largest absolute Gasteiger partial charge is 0.507 e.